The fourth-order valence-electron chi connectivity index (χ4n) is 2.50. The molecule has 108 valence electrons. The summed E-state index contributed by atoms with van der Waals surface area (Å²) in [5.74, 6) is 2.45. The van der Waals surface area contributed by atoms with Gasteiger partial charge in [0.05, 0.1) is 21.3 Å². The first-order valence-corrected chi connectivity index (χ1v) is 6.96. The lowest BCUT2D eigenvalue weighted by atomic mass is 9.98. The number of unbranched alkanes of at least 4 members (excludes halogenated alkanes) is 1. The minimum absolute atomic E-state index is 0.756. The van der Waals surface area contributed by atoms with E-state index in [1.165, 1.54) is 10.9 Å². The van der Waals surface area contributed by atoms with E-state index in [2.05, 4.69) is 13.0 Å². The van der Waals surface area contributed by atoms with Crippen molar-refractivity contribution < 1.29 is 14.2 Å². The number of aryl methyl sites for hydroxylation is 1. The number of hydrogen-bond acceptors (Lipinski definition) is 3. The second-order valence-corrected chi connectivity index (χ2v) is 4.78. The Morgan fingerprint density at radius 1 is 0.850 bits per heavy atom. The van der Waals surface area contributed by atoms with Gasteiger partial charge in [0.25, 0.3) is 0 Å². The molecule has 0 aliphatic rings. The Morgan fingerprint density at radius 2 is 1.50 bits per heavy atom. The molecule has 0 saturated heterocycles. The highest BCUT2D eigenvalue weighted by Crippen LogP contribution is 2.37. The number of methoxy groups -OCH3 is 3. The summed E-state index contributed by atoms with van der Waals surface area (Å²) in [5.41, 5.74) is 1.24. The molecule has 0 bridgehead atoms. The average molecular weight is 274 g/mol. The van der Waals surface area contributed by atoms with Crippen LogP contribution in [0.4, 0.5) is 0 Å². The second-order valence-electron chi connectivity index (χ2n) is 4.78. The predicted molar refractivity (Wildman–Crippen MR) is 82.2 cm³/mol. The summed E-state index contributed by atoms with van der Waals surface area (Å²) in [6, 6.07) is 8.15. The Kier molecular flexibility index (Phi) is 4.72. The Bertz CT molecular complexity index is 590. The van der Waals surface area contributed by atoms with E-state index in [0.717, 1.165) is 41.9 Å². The van der Waals surface area contributed by atoms with Crippen LogP contribution in [0.15, 0.2) is 24.3 Å². The number of fused-ring (bicyclic) bond motifs is 1. The van der Waals surface area contributed by atoms with Gasteiger partial charge in [0, 0.05) is 5.56 Å². The van der Waals surface area contributed by atoms with Crippen LogP contribution in [0.3, 0.4) is 0 Å². The van der Waals surface area contributed by atoms with Gasteiger partial charge in [0.15, 0.2) is 11.5 Å². The zero-order valence-electron chi connectivity index (χ0n) is 12.7. The molecule has 0 amide bonds. The van der Waals surface area contributed by atoms with Crippen LogP contribution >= 0.6 is 0 Å². The molecule has 2 rings (SSSR count). The van der Waals surface area contributed by atoms with Gasteiger partial charge in [-0.15, -0.1) is 0 Å². The van der Waals surface area contributed by atoms with Gasteiger partial charge in [0.2, 0.25) is 0 Å². The van der Waals surface area contributed by atoms with Gasteiger partial charge < -0.3 is 14.2 Å². The zero-order chi connectivity index (χ0) is 14.5. The Balaban J connectivity index is 2.64. The molecule has 0 spiro atoms. The Labute approximate surface area is 120 Å². The molecule has 0 aliphatic carbocycles. The van der Waals surface area contributed by atoms with E-state index in [9.17, 15) is 0 Å². The summed E-state index contributed by atoms with van der Waals surface area (Å²) in [6.07, 6.45) is 3.31. The van der Waals surface area contributed by atoms with E-state index in [4.69, 9.17) is 14.2 Å². The molecular weight excluding hydrogens is 252 g/mol. The quantitative estimate of drug-likeness (QED) is 0.789. The first-order valence-electron chi connectivity index (χ1n) is 6.96. The van der Waals surface area contributed by atoms with Crippen LogP contribution in [0.5, 0.6) is 17.2 Å². The van der Waals surface area contributed by atoms with Crippen LogP contribution in [-0.2, 0) is 6.42 Å². The van der Waals surface area contributed by atoms with Crippen molar-refractivity contribution in [1.82, 2.24) is 0 Å². The maximum absolute atomic E-state index is 5.51. The van der Waals surface area contributed by atoms with E-state index < -0.39 is 0 Å². The molecular formula is C17H22O3. The molecule has 0 fully saturated rings. The molecule has 0 aromatic heterocycles. The van der Waals surface area contributed by atoms with Crippen LogP contribution in [0.2, 0.25) is 0 Å². The first-order chi connectivity index (χ1) is 9.74. The smallest absolute Gasteiger partial charge is 0.161 e. The van der Waals surface area contributed by atoms with Crippen molar-refractivity contribution in [3.63, 3.8) is 0 Å². The second kappa shape index (κ2) is 6.51. The summed E-state index contributed by atoms with van der Waals surface area (Å²) in [5, 5.41) is 2.32. The van der Waals surface area contributed by atoms with Crippen molar-refractivity contribution >= 4 is 10.8 Å². The number of benzene rings is 2. The van der Waals surface area contributed by atoms with Crippen LogP contribution in [0, 0.1) is 0 Å². The summed E-state index contributed by atoms with van der Waals surface area (Å²) >= 11 is 0. The average Bonchev–Trinajstić information content (AvgIpc) is 2.50. The van der Waals surface area contributed by atoms with Gasteiger partial charge in [-0.05, 0) is 41.8 Å². The van der Waals surface area contributed by atoms with E-state index in [-0.39, 0.29) is 0 Å². The van der Waals surface area contributed by atoms with Crippen LogP contribution in [0.25, 0.3) is 10.8 Å². The fraction of sp³-hybridized carbons (Fsp3) is 0.412. The lowest BCUT2D eigenvalue weighted by Gasteiger charge is -2.15. The van der Waals surface area contributed by atoms with Crippen molar-refractivity contribution in [2.45, 2.75) is 26.2 Å². The largest absolute Gasteiger partial charge is 0.496 e. The Morgan fingerprint density at radius 3 is 2.10 bits per heavy atom. The molecule has 0 saturated carbocycles. The number of hydrogen-bond donors (Lipinski definition) is 0. The normalized spacial score (nSPS) is 10.6. The SMILES string of the molecule is CCCCc1c(OC)ccc2cc(OC)c(OC)cc12. The van der Waals surface area contributed by atoms with Crippen LogP contribution in [-0.4, -0.2) is 21.3 Å². The van der Waals surface area contributed by atoms with Gasteiger partial charge in [-0.2, -0.15) is 0 Å². The van der Waals surface area contributed by atoms with Gasteiger partial charge in [-0.1, -0.05) is 19.4 Å². The molecule has 2 aromatic rings. The maximum Gasteiger partial charge on any atom is 0.161 e. The van der Waals surface area contributed by atoms with Crippen molar-refractivity contribution in [2.24, 2.45) is 0 Å². The van der Waals surface area contributed by atoms with Gasteiger partial charge in [-0.3, -0.25) is 0 Å². The van der Waals surface area contributed by atoms with Crippen molar-refractivity contribution in [3.8, 4) is 17.2 Å². The monoisotopic (exact) mass is 274 g/mol. The van der Waals surface area contributed by atoms with Crippen LogP contribution < -0.4 is 14.2 Å². The minimum Gasteiger partial charge on any atom is -0.496 e. The topological polar surface area (TPSA) is 27.7 Å². The van der Waals surface area contributed by atoms with E-state index in [0.29, 0.717) is 0 Å². The molecule has 0 heterocycles. The third-order valence-electron chi connectivity index (χ3n) is 3.59. The molecule has 0 unspecified atom stereocenters. The van der Waals surface area contributed by atoms with Gasteiger partial charge in [0.1, 0.15) is 5.75 Å². The number of ether oxygens (including phenoxy) is 3. The van der Waals surface area contributed by atoms with E-state index in [1.807, 2.05) is 18.2 Å². The van der Waals surface area contributed by atoms with Crippen molar-refractivity contribution in [1.29, 1.82) is 0 Å². The molecule has 2 aromatic carbocycles. The van der Waals surface area contributed by atoms with Crippen LogP contribution in [0.1, 0.15) is 25.3 Å². The fourth-order valence-corrected chi connectivity index (χ4v) is 2.50. The summed E-state index contributed by atoms with van der Waals surface area (Å²) < 4.78 is 16.3. The molecule has 0 radical (unpaired) electrons. The van der Waals surface area contributed by atoms with E-state index in [1.54, 1.807) is 21.3 Å². The highest BCUT2D eigenvalue weighted by molar-refractivity contribution is 5.90. The molecule has 0 atom stereocenters. The molecule has 0 aliphatic heterocycles. The minimum atomic E-state index is 0.756. The predicted octanol–water partition coefficient (Wildman–Crippen LogP) is 4.21. The molecule has 3 heteroatoms. The third kappa shape index (κ3) is 2.67. The van der Waals surface area contributed by atoms with Gasteiger partial charge >= 0.3 is 0 Å². The highest BCUT2D eigenvalue weighted by Gasteiger charge is 2.12. The zero-order valence-corrected chi connectivity index (χ0v) is 12.7. The van der Waals surface area contributed by atoms with Crippen molar-refractivity contribution in [3.05, 3.63) is 29.8 Å². The van der Waals surface area contributed by atoms with Gasteiger partial charge in [-0.25, -0.2) is 0 Å². The lowest BCUT2D eigenvalue weighted by Crippen LogP contribution is -1.96. The summed E-state index contributed by atoms with van der Waals surface area (Å²) in [7, 11) is 5.04. The summed E-state index contributed by atoms with van der Waals surface area (Å²) in [4.78, 5) is 0. The summed E-state index contributed by atoms with van der Waals surface area (Å²) in [6.45, 7) is 2.20. The molecule has 0 N–H and O–H groups in total. The third-order valence-corrected chi connectivity index (χ3v) is 3.59. The molecule has 3 nitrogen and oxygen atoms in total. The highest BCUT2D eigenvalue weighted by atomic mass is 16.5. The van der Waals surface area contributed by atoms with Crippen molar-refractivity contribution in [2.75, 3.05) is 21.3 Å². The first kappa shape index (κ1) is 14.5. The number of rotatable bonds is 6. The molecule has 20 heavy (non-hydrogen) atoms. The van der Waals surface area contributed by atoms with E-state index >= 15 is 0 Å². The Hall–Kier alpha value is -1.90. The lowest BCUT2D eigenvalue weighted by molar-refractivity contribution is 0.356. The maximum atomic E-state index is 5.51. The standard InChI is InChI=1S/C17H22O3/c1-5-6-7-13-14-11-17(20-4)16(19-3)10-12(14)8-9-15(13)18-2/h8-11H,5-7H2,1-4H3.